The third-order valence-electron chi connectivity index (χ3n) is 2.55. The van der Waals surface area contributed by atoms with Gasteiger partial charge < -0.3 is 15.2 Å². The van der Waals surface area contributed by atoms with Gasteiger partial charge in [0, 0.05) is 13.1 Å². The lowest BCUT2D eigenvalue weighted by atomic mass is 10.1. The van der Waals surface area contributed by atoms with Crippen LogP contribution in [0.4, 0.5) is 8.78 Å². The Hall–Kier alpha value is -0.750. The lowest BCUT2D eigenvalue weighted by Crippen LogP contribution is -2.33. The molecule has 2 N–H and O–H groups in total. The smallest absolute Gasteiger partial charge is 0.377 e. The van der Waals surface area contributed by atoms with Crippen molar-refractivity contribution in [3.63, 3.8) is 0 Å². The van der Waals surface area contributed by atoms with Crippen LogP contribution in [0.15, 0.2) is 0 Å². The van der Waals surface area contributed by atoms with Gasteiger partial charge in [-0.2, -0.15) is 8.78 Å². The fourth-order valence-electron chi connectivity index (χ4n) is 1.80. The molecule has 1 aliphatic heterocycles. The van der Waals surface area contributed by atoms with Crippen LogP contribution in [0.2, 0.25) is 0 Å². The van der Waals surface area contributed by atoms with Gasteiger partial charge in [0.2, 0.25) is 0 Å². The van der Waals surface area contributed by atoms with Crippen LogP contribution in [0.5, 0.6) is 0 Å². The molecule has 0 amide bonds. The van der Waals surface area contributed by atoms with Gasteiger partial charge in [-0.05, 0) is 12.3 Å². The molecule has 17 heavy (non-hydrogen) atoms. The highest BCUT2D eigenvalue weighted by Crippen LogP contribution is 2.30. The second-order valence-corrected chi connectivity index (χ2v) is 4.88. The van der Waals surface area contributed by atoms with E-state index in [2.05, 4.69) is 10.1 Å². The van der Waals surface area contributed by atoms with Gasteiger partial charge in [0.1, 0.15) is 6.10 Å². The number of aliphatic hydroxyl groups excluding tert-OH is 1. The van der Waals surface area contributed by atoms with Gasteiger partial charge in [-0.3, -0.25) is 0 Å². The van der Waals surface area contributed by atoms with E-state index in [0.717, 1.165) is 0 Å². The Morgan fingerprint density at radius 2 is 2.24 bits per heavy atom. The summed E-state index contributed by atoms with van der Waals surface area (Å²) in [5, 5.41) is 12.4. The molecule has 0 aromatic rings. The molecule has 0 spiro atoms. The summed E-state index contributed by atoms with van der Waals surface area (Å²) in [6, 6.07) is 0. The lowest BCUT2D eigenvalue weighted by Gasteiger charge is -2.15. The van der Waals surface area contributed by atoms with E-state index in [9.17, 15) is 18.7 Å². The summed E-state index contributed by atoms with van der Waals surface area (Å²) in [5.41, 5.74) is 0. The molecule has 2 unspecified atom stereocenters. The molecular weight excluding hydrogens is 232 g/mol. The summed E-state index contributed by atoms with van der Waals surface area (Å²) in [6.45, 7) is 4.44. The number of nitrogens with one attached hydrogen (secondary N) is 1. The number of cyclic esters (lactones) is 1. The number of ether oxygens (including phenoxy) is 1. The number of alkyl halides is 2. The molecule has 100 valence electrons. The van der Waals surface area contributed by atoms with Gasteiger partial charge in [0.15, 0.2) is 0 Å². The Kier molecular flexibility index (Phi) is 4.82. The average molecular weight is 251 g/mol. The first-order valence-corrected chi connectivity index (χ1v) is 5.79. The first kappa shape index (κ1) is 14.3. The molecule has 0 radical (unpaired) electrons. The molecule has 1 heterocycles. The van der Waals surface area contributed by atoms with Crippen molar-refractivity contribution in [1.82, 2.24) is 5.32 Å². The molecule has 1 saturated heterocycles. The van der Waals surface area contributed by atoms with Crippen molar-refractivity contribution >= 4 is 5.97 Å². The van der Waals surface area contributed by atoms with E-state index in [1.807, 2.05) is 13.8 Å². The zero-order valence-corrected chi connectivity index (χ0v) is 10.1. The van der Waals surface area contributed by atoms with E-state index in [4.69, 9.17) is 0 Å². The molecule has 0 aromatic heterocycles. The van der Waals surface area contributed by atoms with Crippen molar-refractivity contribution in [2.75, 3.05) is 13.1 Å². The number of hydrogen-bond acceptors (Lipinski definition) is 4. The van der Waals surface area contributed by atoms with E-state index >= 15 is 0 Å². The minimum absolute atomic E-state index is 0.149. The molecule has 1 aliphatic rings. The summed E-state index contributed by atoms with van der Waals surface area (Å²) in [4.78, 5) is 10.7. The molecule has 0 aromatic carbocycles. The number of carbonyl (C=O) groups is 1. The third kappa shape index (κ3) is 4.55. The summed E-state index contributed by atoms with van der Waals surface area (Å²) in [7, 11) is 0. The van der Waals surface area contributed by atoms with Crippen LogP contribution in [0.3, 0.4) is 0 Å². The predicted molar refractivity (Wildman–Crippen MR) is 57.8 cm³/mol. The van der Waals surface area contributed by atoms with E-state index < -0.39 is 30.5 Å². The highest BCUT2D eigenvalue weighted by Gasteiger charge is 2.50. The number of aliphatic hydroxyl groups is 1. The Morgan fingerprint density at radius 1 is 1.59 bits per heavy atom. The third-order valence-corrected chi connectivity index (χ3v) is 2.55. The summed E-state index contributed by atoms with van der Waals surface area (Å²) >= 11 is 0. The molecule has 2 atom stereocenters. The molecule has 0 saturated carbocycles. The summed E-state index contributed by atoms with van der Waals surface area (Å²) in [6.07, 6.45) is -1.25. The molecular formula is C11H19F2NO3. The van der Waals surface area contributed by atoms with Crippen LogP contribution < -0.4 is 5.32 Å². The standard InChI is InChI=1S/C11H19F2NO3/c1-7(2)3-8(15)5-14-6-9-4-11(12,13)10(16)17-9/h7-9,14-15H,3-6H2,1-2H3. The normalized spacial score (nSPS) is 25.1. The van der Waals surface area contributed by atoms with Crippen molar-refractivity contribution in [3.05, 3.63) is 0 Å². The molecule has 4 nitrogen and oxygen atoms in total. The van der Waals surface area contributed by atoms with Crippen LogP contribution >= 0.6 is 0 Å². The molecule has 6 heteroatoms. The van der Waals surface area contributed by atoms with Gasteiger partial charge in [0.25, 0.3) is 0 Å². The second-order valence-electron chi connectivity index (χ2n) is 4.88. The van der Waals surface area contributed by atoms with Crippen molar-refractivity contribution in [3.8, 4) is 0 Å². The molecule has 0 aliphatic carbocycles. The highest BCUT2D eigenvalue weighted by molar-refractivity contribution is 5.79. The first-order chi connectivity index (χ1) is 7.81. The predicted octanol–water partition coefficient (Wildman–Crippen LogP) is 0.934. The average Bonchev–Trinajstić information content (AvgIpc) is 2.39. The fourth-order valence-corrected chi connectivity index (χ4v) is 1.80. The SMILES string of the molecule is CC(C)CC(O)CNCC1CC(F)(F)C(=O)O1. The van der Waals surface area contributed by atoms with Crippen molar-refractivity contribution in [1.29, 1.82) is 0 Å². The Bertz CT molecular complexity index is 271. The largest absolute Gasteiger partial charge is 0.456 e. The minimum Gasteiger partial charge on any atom is -0.456 e. The van der Waals surface area contributed by atoms with Gasteiger partial charge in [-0.1, -0.05) is 13.8 Å². The van der Waals surface area contributed by atoms with Crippen molar-refractivity contribution in [2.45, 2.75) is 44.8 Å². The number of carbonyl (C=O) groups excluding carboxylic acids is 1. The van der Waals surface area contributed by atoms with Gasteiger partial charge in [0.05, 0.1) is 12.5 Å². The van der Waals surface area contributed by atoms with E-state index in [0.29, 0.717) is 18.9 Å². The molecule has 1 rings (SSSR count). The number of halogens is 2. The monoisotopic (exact) mass is 251 g/mol. The number of rotatable bonds is 6. The molecule has 1 fully saturated rings. The fraction of sp³-hybridized carbons (Fsp3) is 0.909. The number of hydrogen-bond donors (Lipinski definition) is 2. The summed E-state index contributed by atoms with van der Waals surface area (Å²) < 4.78 is 30.1. The summed E-state index contributed by atoms with van der Waals surface area (Å²) in [5.74, 6) is -4.43. The van der Waals surface area contributed by atoms with Crippen LogP contribution in [0.1, 0.15) is 26.7 Å². The van der Waals surface area contributed by atoms with Gasteiger partial charge >= 0.3 is 11.9 Å². The van der Waals surface area contributed by atoms with Crippen molar-refractivity contribution in [2.24, 2.45) is 5.92 Å². The first-order valence-electron chi connectivity index (χ1n) is 5.79. The van der Waals surface area contributed by atoms with Crippen LogP contribution in [-0.2, 0) is 9.53 Å². The molecule has 0 bridgehead atoms. The van der Waals surface area contributed by atoms with Crippen LogP contribution in [-0.4, -0.2) is 42.3 Å². The van der Waals surface area contributed by atoms with Crippen LogP contribution in [0, 0.1) is 5.92 Å². The topological polar surface area (TPSA) is 58.6 Å². The lowest BCUT2D eigenvalue weighted by molar-refractivity contribution is -0.159. The maximum Gasteiger partial charge on any atom is 0.377 e. The Morgan fingerprint density at radius 3 is 2.71 bits per heavy atom. The van der Waals surface area contributed by atoms with E-state index in [1.54, 1.807) is 0 Å². The zero-order chi connectivity index (χ0) is 13.1. The highest BCUT2D eigenvalue weighted by atomic mass is 19.3. The zero-order valence-electron chi connectivity index (χ0n) is 10.1. The quantitative estimate of drug-likeness (QED) is 0.690. The number of esters is 1. The van der Waals surface area contributed by atoms with Gasteiger partial charge in [-0.25, -0.2) is 4.79 Å². The van der Waals surface area contributed by atoms with Crippen molar-refractivity contribution < 1.29 is 23.4 Å². The van der Waals surface area contributed by atoms with Crippen LogP contribution in [0.25, 0.3) is 0 Å². The van der Waals surface area contributed by atoms with E-state index in [1.165, 1.54) is 0 Å². The Labute approximate surface area is 99.3 Å². The van der Waals surface area contributed by atoms with E-state index in [-0.39, 0.29) is 6.54 Å². The second kappa shape index (κ2) is 5.73. The van der Waals surface area contributed by atoms with Gasteiger partial charge in [-0.15, -0.1) is 0 Å². The minimum atomic E-state index is -3.36. The maximum absolute atomic E-state index is 12.8. The maximum atomic E-state index is 12.8. The Balaban J connectivity index is 2.18.